The van der Waals surface area contributed by atoms with Crippen LogP contribution in [-0.4, -0.2) is 7.05 Å². The molecule has 1 atom stereocenters. The zero-order valence-corrected chi connectivity index (χ0v) is 13.6. The van der Waals surface area contributed by atoms with Crippen molar-refractivity contribution in [2.45, 2.75) is 26.3 Å². The van der Waals surface area contributed by atoms with Gasteiger partial charge in [0.15, 0.2) is 0 Å². The third-order valence-electron chi connectivity index (χ3n) is 3.63. The van der Waals surface area contributed by atoms with Crippen molar-refractivity contribution in [2.75, 3.05) is 7.05 Å². The van der Waals surface area contributed by atoms with E-state index in [0.717, 1.165) is 6.42 Å². The molecule has 0 aliphatic heterocycles. The fraction of sp³-hybridized carbons (Fsp3) is 0.294. The summed E-state index contributed by atoms with van der Waals surface area (Å²) in [7, 11) is 1.87. The Morgan fingerprint density at radius 3 is 2.65 bits per heavy atom. The van der Waals surface area contributed by atoms with Crippen molar-refractivity contribution in [3.05, 3.63) is 68.9 Å². The summed E-state index contributed by atoms with van der Waals surface area (Å²) in [6.45, 7) is 4.18. The molecule has 0 aliphatic carbocycles. The predicted molar refractivity (Wildman–Crippen MR) is 85.5 cm³/mol. The molecule has 0 bridgehead atoms. The smallest absolute Gasteiger partial charge is 0.142 e. The number of halogens is 2. The van der Waals surface area contributed by atoms with E-state index in [0.29, 0.717) is 10.0 Å². The number of likely N-dealkylation sites (N-methyl/N-ethyl adjacent to an activating group) is 1. The minimum absolute atomic E-state index is 0.0343. The number of nitrogens with one attached hydrogen (secondary N) is 1. The number of aryl methyl sites for hydroxylation is 2. The number of rotatable bonds is 4. The van der Waals surface area contributed by atoms with Crippen LogP contribution in [0.1, 0.15) is 28.3 Å². The Kier molecular flexibility index (Phi) is 4.95. The normalized spacial score (nSPS) is 12.4. The summed E-state index contributed by atoms with van der Waals surface area (Å²) in [5, 5.41) is 3.22. The lowest BCUT2D eigenvalue weighted by Crippen LogP contribution is -2.20. The van der Waals surface area contributed by atoms with E-state index in [1.165, 1.54) is 16.7 Å². The zero-order valence-electron chi connectivity index (χ0n) is 12.0. The van der Waals surface area contributed by atoms with Gasteiger partial charge in [-0.25, -0.2) is 4.39 Å². The van der Waals surface area contributed by atoms with Crippen LogP contribution in [0.15, 0.2) is 40.9 Å². The van der Waals surface area contributed by atoms with E-state index in [9.17, 15) is 4.39 Å². The van der Waals surface area contributed by atoms with Gasteiger partial charge in [0.05, 0.1) is 4.47 Å². The molecule has 106 valence electrons. The molecule has 1 N–H and O–H groups in total. The zero-order chi connectivity index (χ0) is 14.7. The van der Waals surface area contributed by atoms with Gasteiger partial charge in [-0.05, 0) is 60.4 Å². The van der Waals surface area contributed by atoms with Crippen LogP contribution < -0.4 is 5.32 Å². The van der Waals surface area contributed by atoms with Crippen LogP contribution in [0.2, 0.25) is 0 Å². The van der Waals surface area contributed by atoms with E-state index >= 15 is 0 Å². The van der Waals surface area contributed by atoms with E-state index in [1.807, 2.05) is 19.2 Å². The molecule has 0 amide bonds. The first-order valence-corrected chi connectivity index (χ1v) is 7.49. The quantitative estimate of drug-likeness (QED) is 0.853. The molecule has 20 heavy (non-hydrogen) atoms. The van der Waals surface area contributed by atoms with Crippen molar-refractivity contribution < 1.29 is 4.39 Å². The van der Waals surface area contributed by atoms with Gasteiger partial charge < -0.3 is 5.32 Å². The van der Waals surface area contributed by atoms with E-state index in [4.69, 9.17) is 0 Å². The molecule has 2 aromatic rings. The molecule has 2 rings (SSSR count). The maximum absolute atomic E-state index is 14.2. The van der Waals surface area contributed by atoms with E-state index < -0.39 is 0 Å². The SMILES string of the molecule is CNC(Cc1cc(C)ccc1C)c1cccc(Br)c1F. The van der Waals surface area contributed by atoms with Crippen LogP contribution in [0, 0.1) is 19.7 Å². The van der Waals surface area contributed by atoms with Gasteiger partial charge >= 0.3 is 0 Å². The monoisotopic (exact) mass is 335 g/mol. The third-order valence-corrected chi connectivity index (χ3v) is 4.25. The maximum atomic E-state index is 14.2. The van der Waals surface area contributed by atoms with Gasteiger partial charge in [0.1, 0.15) is 5.82 Å². The predicted octanol–water partition coefficient (Wildman–Crippen LogP) is 4.71. The minimum atomic E-state index is -0.183. The van der Waals surface area contributed by atoms with Crippen LogP contribution >= 0.6 is 15.9 Å². The average Bonchev–Trinajstić information content (AvgIpc) is 2.43. The van der Waals surface area contributed by atoms with Gasteiger partial charge in [-0.15, -0.1) is 0 Å². The summed E-state index contributed by atoms with van der Waals surface area (Å²) in [6, 6.07) is 11.8. The summed E-state index contributed by atoms with van der Waals surface area (Å²) in [5.74, 6) is -0.183. The van der Waals surface area contributed by atoms with Gasteiger partial charge in [-0.2, -0.15) is 0 Å². The first kappa shape index (κ1) is 15.2. The lowest BCUT2D eigenvalue weighted by atomic mass is 9.95. The number of benzene rings is 2. The van der Waals surface area contributed by atoms with Crippen LogP contribution in [0.4, 0.5) is 4.39 Å². The van der Waals surface area contributed by atoms with E-state index in [2.05, 4.69) is 53.3 Å². The average molecular weight is 336 g/mol. The second-order valence-corrected chi connectivity index (χ2v) is 5.97. The highest BCUT2D eigenvalue weighted by molar-refractivity contribution is 9.10. The fourth-order valence-electron chi connectivity index (χ4n) is 2.40. The fourth-order valence-corrected chi connectivity index (χ4v) is 2.78. The van der Waals surface area contributed by atoms with Crippen LogP contribution in [0.5, 0.6) is 0 Å². The Morgan fingerprint density at radius 1 is 1.20 bits per heavy atom. The molecule has 0 radical (unpaired) electrons. The summed E-state index contributed by atoms with van der Waals surface area (Å²) >= 11 is 3.25. The molecule has 0 aromatic heterocycles. The lowest BCUT2D eigenvalue weighted by molar-refractivity contribution is 0.530. The molecule has 0 saturated heterocycles. The molecule has 0 saturated carbocycles. The molecule has 0 fully saturated rings. The molecule has 1 nitrogen and oxygen atoms in total. The van der Waals surface area contributed by atoms with Gasteiger partial charge in [0, 0.05) is 11.6 Å². The molecule has 3 heteroatoms. The highest BCUT2D eigenvalue weighted by Crippen LogP contribution is 2.27. The van der Waals surface area contributed by atoms with Crippen molar-refractivity contribution >= 4 is 15.9 Å². The van der Waals surface area contributed by atoms with Crippen LogP contribution in [0.25, 0.3) is 0 Å². The van der Waals surface area contributed by atoms with Crippen molar-refractivity contribution in [3.8, 4) is 0 Å². The summed E-state index contributed by atoms with van der Waals surface area (Å²) in [5.41, 5.74) is 4.42. The Bertz CT molecular complexity index is 610. The highest BCUT2D eigenvalue weighted by Gasteiger charge is 2.17. The van der Waals surface area contributed by atoms with E-state index in [1.54, 1.807) is 6.07 Å². The van der Waals surface area contributed by atoms with Gasteiger partial charge in [0.25, 0.3) is 0 Å². The van der Waals surface area contributed by atoms with E-state index in [-0.39, 0.29) is 11.9 Å². The number of hydrogen-bond donors (Lipinski definition) is 1. The van der Waals surface area contributed by atoms with Gasteiger partial charge in [0.2, 0.25) is 0 Å². The molecule has 1 unspecified atom stereocenters. The summed E-state index contributed by atoms with van der Waals surface area (Å²) in [6.07, 6.45) is 0.775. The third kappa shape index (κ3) is 3.28. The summed E-state index contributed by atoms with van der Waals surface area (Å²) < 4.78 is 14.7. The highest BCUT2D eigenvalue weighted by atomic mass is 79.9. The second-order valence-electron chi connectivity index (χ2n) is 5.12. The Labute approximate surface area is 128 Å². The van der Waals surface area contributed by atoms with Gasteiger partial charge in [-0.1, -0.05) is 35.9 Å². The lowest BCUT2D eigenvalue weighted by Gasteiger charge is -2.19. The number of hydrogen-bond acceptors (Lipinski definition) is 1. The van der Waals surface area contributed by atoms with Gasteiger partial charge in [-0.3, -0.25) is 0 Å². The van der Waals surface area contributed by atoms with Crippen LogP contribution in [-0.2, 0) is 6.42 Å². The first-order valence-electron chi connectivity index (χ1n) is 6.70. The Hall–Kier alpha value is -1.19. The Balaban J connectivity index is 2.34. The van der Waals surface area contributed by atoms with Crippen molar-refractivity contribution in [3.63, 3.8) is 0 Å². The standard InChI is InChI=1S/C17H19BrFN/c1-11-7-8-12(2)13(9-11)10-16(20-3)14-5-4-6-15(18)17(14)19/h4-9,16,20H,10H2,1-3H3. The second kappa shape index (κ2) is 6.51. The topological polar surface area (TPSA) is 12.0 Å². The molecular formula is C17H19BrFN. The first-order chi connectivity index (χ1) is 9.52. The van der Waals surface area contributed by atoms with Crippen molar-refractivity contribution in [2.24, 2.45) is 0 Å². The molecule has 0 spiro atoms. The summed E-state index contributed by atoms with van der Waals surface area (Å²) in [4.78, 5) is 0. The van der Waals surface area contributed by atoms with Crippen LogP contribution in [0.3, 0.4) is 0 Å². The minimum Gasteiger partial charge on any atom is -0.313 e. The van der Waals surface area contributed by atoms with Crippen molar-refractivity contribution in [1.29, 1.82) is 0 Å². The maximum Gasteiger partial charge on any atom is 0.142 e. The largest absolute Gasteiger partial charge is 0.313 e. The Morgan fingerprint density at radius 2 is 1.95 bits per heavy atom. The van der Waals surface area contributed by atoms with Crippen molar-refractivity contribution in [1.82, 2.24) is 5.32 Å². The molecule has 0 aliphatic rings. The molecule has 0 heterocycles. The molecular weight excluding hydrogens is 317 g/mol. The molecule has 2 aromatic carbocycles.